The molecule has 36 heteroatoms. The number of anilines is 1. The van der Waals surface area contributed by atoms with Gasteiger partial charge in [0, 0.05) is 41.3 Å². The summed E-state index contributed by atoms with van der Waals surface area (Å²) in [5.41, 5.74) is 0.533. The molecule has 4 fully saturated rings. The molecule has 2 saturated carbocycles. The third kappa shape index (κ3) is 24.2. The number of ether oxygens (including phenoxy) is 6. The molecule has 6 N–H and O–H groups in total. The Balaban J connectivity index is 0.00000274. The molecule has 2 aliphatic heterocycles. The second-order valence-electron chi connectivity index (χ2n) is 22.6. The average molecular weight is 1400 g/mol. The van der Waals surface area contributed by atoms with Gasteiger partial charge < -0.3 is 78.3 Å². The number of rotatable bonds is 26. The summed E-state index contributed by atoms with van der Waals surface area (Å²) in [4.78, 5) is 52.2. The van der Waals surface area contributed by atoms with Gasteiger partial charge >= 0.3 is 135 Å². The number of carboxylic acids is 1. The zero-order valence-electron chi connectivity index (χ0n) is 52.5. The van der Waals surface area contributed by atoms with Crippen molar-refractivity contribution in [1.82, 2.24) is 15.0 Å². The van der Waals surface area contributed by atoms with Crippen molar-refractivity contribution in [2.24, 2.45) is 17.8 Å². The van der Waals surface area contributed by atoms with E-state index in [-0.39, 0.29) is 197 Å². The van der Waals surface area contributed by atoms with E-state index in [0.29, 0.717) is 37.4 Å². The Hall–Kier alpha value is -1.82. The van der Waals surface area contributed by atoms with Gasteiger partial charge in [0.15, 0.2) is 18.7 Å². The zero-order valence-corrected chi connectivity index (χ0v) is 62.9. The van der Waals surface area contributed by atoms with Crippen LogP contribution in [0.15, 0.2) is 70.6 Å². The second-order valence-corrected chi connectivity index (χ2v) is 25.7. The Morgan fingerprint density at radius 2 is 1.49 bits per heavy atom. The second kappa shape index (κ2) is 39.8. The Morgan fingerprint density at radius 1 is 0.817 bits per heavy atom. The van der Waals surface area contributed by atoms with Crippen LogP contribution < -0.4 is 129 Å². The summed E-state index contributed by atoms with van der Waals surface area (Å²) in [6.45, 7) is 2.75. The first-order valence-electron chi connectivity index (χ1n) is 29.1. The first-order valence-corrected chi connectivity index (χ1v) is 32.9. The third-order valence-electron chi connectivity index (χ3n) is 16.4. The first-order chi connectivity index (χ1) is 42.2. The van der Waals surface area contributed by atoms with Crippen LogP contribution in [0.3, 0.4) is 0 Å². The van der Waals surface area contributed by atoms with Gasteiger partial charge in [0.05, 0.1) is 48.2 Å². The number of Topliss-reactive ketones (excluding diaryl/α,β-unsaturated/α-hetero) is 1. The van der Waals surface area contributed by atoms with Crippen molar-refractivity contribution in [2.75, 3.05) is 11.9 Å². The maximum Gasteiger partial charge on any atom is 1.00 e. The fourth-order valence-corrected chi connectivity index (χ4v) is 13.2. The van der Waals surface area contributed by atoms with Gasteiger partial charge in [-0.2, -0.15) is 18.2 Å². The number of carbonyl (C=O) groups excluding carboxylic acids is 4. The van der Waals surface area contributed by atoms with Gasteiger partial charge in [-0.25, -0.2) is 21.6 Å². The molecule has 0 spiro atoms. The van der Waals surface area contributed by atoms with Crippen LogP contribution in [-0.2, 0) is 86.6 Å². The van der Waals surface area contributed by atoms with Crippen LogP contribution in [0.4, 0.5) is 5.69 Å². The van der Waals surface area contributed by atoms with Crippen molar-refractivity contribution in [3.8, 4) is 0 Å². The Bertz CT molecular complexity index is 3430. The predicted octanol–water partition coefficient (Wildman–Crippen LogP) is -11.4. The molecule has 2 aliphatic carbocycles. The minimum Gasteiger partial charge on any atom is -0.744 e. The van der Waals surface area contributed by atoms with Crippen LogP contribution in [-0.4, -0.2) is 189 Å². The van der Waals surface area contributed by atoms with E-state index in [1.165, 1.54) is 35.9 Å². The number of esters is 1. The topological polar surface area (TPSA) is 456 Å². The number of fused-ring (bicyclic) bond motifs is 1. The van der Waals surface area contributed by atoms with Crippen LogP contribution in [0.25, 0.3) is 10.8 Å². The molecule has 0 bridgehead atoms. The number of aliphatic carboxylic acids is 1. The minimum atomic E-state index is -5.31. The first kappa shape index (κ1) is 85.4. The number of nitrogens with one attached hydrogen (secondary N) is 1. The number of benzene rings is 3. The summed E-state index contributed by atoms with van der Waals surface area (Å²) in [7, 11) is -13.6. The van der Waals surface area contributed by atoms with Crippen molar-refractivity contribution < 1.29 is 235 Å². The van der Waals surface area contributed by atoms with Crippen LogP contribution in [0, 0.1) is 23.8 Å². The molecule has 1 aromatic heterocycles. The van der Waals surface area contributed by atoms with Crippen molar-refractivity contribution in [3.63, 3.8) is 0 Å². The van der Waals surface area contributed by atoms with Crippen molar-refractivity contribution in [2.45, 2.75) is 206 Å². The van der Waals surface area contributed by atoms with E-state index >= 15 is 0 Å². The number of carbonyl (C=O) groups is 4. The molecular formula is C57H72N4Na4O25S3. The summed E-state index contributed by atoms with van der Waals surface area (Å²) in [6, 6.07) is 14.2. The molecule has 492 valence electrons. The summed E-state index contributed by atoms with van der Waals surface area (Å²) < 4.78 is 136. The molecule has 3 heterocycles. The van der Waals surface area contributed by atoms with E-state index in [0.717, 1.165) is 38.2 Å². The number of unbranched alkanes of at least 4 members (excludes halogenated alkanes) is 1. The van der Waals surface area contributed by atoms with Crippen molar-refractivity contribution in [3.05, 3.63) is 78.1 Å². The molecule has 4 aliphatic rings. The van der Waals surface area contributed by atoms with Gasteiger partial charge in [-0.15, -0.1) is 23.1 Å². The number of ketones is 1. The maximum absolute atomic E-state index is 14.3. The fourth-order valence-electron chi connectivity index (χ4n) is 11.8. The number of aliphatic hydroxyl groups excluding tert-OH is 5. The molecular weight excluding hydrogens is 1330 g/mol. The number of carboxylic acid groups (broad SMARTS) is 1. The Morgan fingerprint density at radius 3 is 2.12 bits per heavy atom. The monoisotopic (exact) mass is 1400 g/mol. The quantitative estimate of drug-likeness (QED) is 0.0112. The van der Waals surface area contributed by atoms with Gasteiger partial charge in [-0.05, 0) is 81.9 Å². The molecule has 2 saturated heterocycles. The maximum atomic E-state index is 14.3. The van der Waals surface area contributed by atoms with E-state index < -0.39 is 157 Å². The van der Waals surface area contributed by atoms with Crippen LogP contribution >= 0.6 is 0 Å². The molecule has 29 nitrogen and oxygen atoms in total. The molecule has 1 amide bonds. The smallest absolute Gasteiger partial charge is 0.744 e. The number of amides is 1. The van der Waals surface area contributed by atoms with Gasteiger partial charge in [0.25, 0.3) is 0 Å². The molecule has 8 rings (SSSR count). The number of hydrogen-bond donors (Lipinski definition) is 6. The van der Waals surface area contributed by atoms with Gasteiger partial charge in [0.2, 0.25) is 5.91 Å². The molecule has 93 heavy (non-hydrogen) atoms. The van der Waals surface area contributed by atoms with Gasteiger partial charge in [0.1, 0.15) is 62.6 Å². The standard InChI is InChI=1S/C57H75N4O22S2.4Na.O3S/c1-3-33-25-36(40(63)21-11-10-19-37-29-61(60-59-37)23-13-22-45(64)58-39-20-12-18-35-26-38(84(72,73)74)28-44(46(35)39)85(75,76)77)27-41(51(33)83-56-50(68)49(67)47(65)31(2)78-56)80-57-53(82-55(71)34-16-8-5-9-17-34)52(48(66)43(30-62)81-57)79-42(54(69)70)24-32-14-6-4-7-15-32;;;;;1-4(2)3/h5,8-9,16-18,20,26,28-29,31-33,36,41-43,47-53,56-57,62,65-68H,3-4,6-7,10-11,13-15,19,21-25,27,30H2,1-2H3,(H,58,64)(H,69,70)(H,72,73,74)(H,75,76,77);;;;;/q-1;4*+1;/p-3/t31?,33?,36?,41?,42-,43?,47?,48?,49?,50?,51?,52?,53?,56?,57?;;;;;/m0...../s1. The summed E-state index contributed by atoms with van der Waals surface area (Å²) >= 11 is 0. The molecule has 3 aromatic carbocycles. The average Bonchev–Trinajstić information content (AvgIpc) is 1.06. The number of aryl methyl sites for hydroxylation is 2. The van der Waals surface area contributed by atoms with E-state index in [2.05, 4.69) is 21.7 Å². The van der Waals surface area contributed by atoms with E-state index in [9.17, 15) is 75.8 Å². The van der Waals surface area contributed by atoms with Gasteiger partial charge in [-0.1, -0.05) is 86.0 Å². The van der Waals surface area contributed by atoms with E-state index in [4.69, 9.17) is 41.0 Å². The van der Waals surface area contributed by atoms with Crippen molar-refractivity contribution >= 4 is 70.9 Å². The fraction of sp³-hybridized carbons (Fsp3) is 0.614. The molecule has 14 unspecified atom stereocenters. The van der Waals surface area contributed by atoms with Crippen molar-refractivity contribution in [1.29, 1.82) is 0 Å². The zero-order chi connectivity index (χ0) is 64.9. The molecule has 4 aromatic rings. The van der Waals surface area contributed by atoms with E-state index in [1.54, 1.807) is 24.4 Å². The Kier molecular flexibility index (Phi) is 36.6. The summed E-state index contributed by atoms with van der Waals surface area (Å²) in [6.07, 6.45) is -11.3. The minimum absolute atomic E-state index is 0. The SMILES string of the molecule is CCC1CC(C(=O)CCCCc2cn(CCCC(=O)Nc3c[c-]cc4cc(S(=O)(=O)[O-])cc(S(=O)(=O)[O-])c34)nn2)CC(OC2OC(CO)C(O)C(O[C@@H](CC3CCCCC3)C(=O)[O-])C2OC(=O)c2ccccc2)C1OC1OC(C)C(O)C(O)C1O.O=S(=O)=O.[Na+].[Na+].[Na+].[Na+]. The third-order valence-corrected chi connectivity index (χ3v) is 18.1. The molecule has 0 radical (unpaired) electrons. The summed E-state index contributed by atoms with van der Waals surface area (Å²) in [5.74, 6) is -4.42. The van der Waals surface area contributed by atoms with Crippen LogP contribution in [0.5, 0.6) is 0 Å². The number of hydrogen-bond acceptors (Lipinski definition) is 27. The molecule has 15 atom stereocenters. The normalized spacial score (nSPS) is 26.8. The van der Waals surface area contributed by atoms with Crippen LogP contribution in [0.1, 0.15) is 120 Å². The summed E-state index contributed by atoms with van der Waals surface area (Å²) in [5, 5.41) is 78.1. The van der Waals surface area contributed by atoms with Crippen LogP contribution in [0.2, 0.25) is 0 Å². The van der Waals surface area contributed by atoms with E-state index in [1.807, 2.05) is 6.92 Å². The Labute approximate surface area is 628 Å². The number of nitrogens with zero attached hydrogens (tertiary/aromatic N) is 3. The van der Waals surface area contributed by atoms with Gasteiger partial charge in [-0.3, -0.25) is 14.3 Å². The number of aromatic nitrogens is 3. The number of aliphatic hydroxyl groups is 5. The largest absolute Gasteiger partial charge is 1.00 e. The predicted molar refractivity (Wildman–Crippen MR) is 300 cm³/mol.